The molecule has 220 valence electrons. The molecule has 0 unspecified atom stereocenters. The van der Waals surface area contributed by atoms with Gasteiger partial charge in [-0.15, -0.1) is 0 Å². The highest BCUT2D eigenvalue weighted by atomic mass is 19.1. The van der Waals surface area contributed by atoms with Crippen LogP contribution in [0.3, 0.4) is 0 Å². The van der Waals surface area contributed by atoms with Crippen molar-refractivity contribution in [3.63, 3.8) is 0 Å². The molecule has 13 nitrogen and oxygen atoms in total. The van der Waals surface area contributed by atoms with Gasteiger partial charge in [-0.1, -0.05) is 0 Å². The molecule has 1 aromatic carbocycles. The molecular weight excluding hydrogens is 552 g/mol. The smallest absolute Gasteiger partial charge is 0.254 e. The molecule has 42 heavy (non-hydrogen) atoms. The van der Waals surface area contributed by atoms with E-state index in [2.05, 4.69) is 25.3 Å². The van der Waals surface area contributed by atoms with Crippen LogP contribution in [0.2, 0.25) is 0 Å². The number of halogens is 2. The summed E-state index contributed by atoms with van der Waals surface area (Å²) in [6.45, 7) is 2.62. The quantitative estimate of drug-likeness (QED) is 0.198. The number of anilines is 2. The Morgan fingerprint density at radius 3 is 2.69 bits per heavy atom. The summed E-state index contributed by atoms with van der Waals surface area (Å²) >= 11 is 0. The normalized spacial score (nSPS) is 15.1. The first-order valence-electron chi connectivity index (χ1n) is 13.4. The van der Waals surface area contributed by atoms with Gasteiger partial charge in [-0.05, 0) is 24.3 Å². The molecule has 1 aliphatic heterocycles. The van der Waals surface area contributed by atoms with Crippen molar-refractivity contribution in [2.75, 3.05) is 56.5 Å². The Labute approximate surface area is 237 Å². The SMILES string of the molecule is Nc1nc2c(ncn2CCN2CCN(c3cc(C(=O)NC[C@H](O)CO)c(F)cc3F)CC2)c2cc(-c3ccco3)nn12. The number of carbonyl (C=O) groups excluding carboxylic acids is 1. The van der Waals surface area contributed by atoms with Crippen LogP contribution < -0.4 is 16.0 Å². The summed E-state index contributed by atoms with van der Waals surface area (Å²) in [5, 5.41) is 25.2. The summed E-state index contributed by atoms with van der Waals surface area (Å²) < 4.78 is 38.0. The molecule has 5 heterocycles. The van der Waals surface area contributed by atoms with Crippen molar-refractivity contribution < 1.29 is 28.2 Å². The van der Waals surface area contributed by atoms with Crippen LogP contribution in [-0.2, 0) is 6.54 Å². The number of amides is 1. The fourth-order valence-electron chi connectivity index (χ4n) is 5.05. The number of benzene rings is 1. The number of aliphatic hydroxyl groups excluding tert-OH is 2. The van der Waals surface area contributed by atoms with Gasteiger partial charge in [-0.2, -0.15) is 14.6 Å². The van der Waals surface area contributed by atoms with Gasteiger partial charge in [0.25, 0.3) is 5.91 Å². The average molecular weight is 582 g/mol. The highest BCUT2D eigenvalue weighted by Gasteiger charge is 2.24. The monoisotopic (exact) mass is 581 g/mol. The van der Waals surface area contributed by atoms with Crippen LogP contribution in [0.25, 0.3) is 28.1 Å². The molecule has 5 N–H and O–H groups in total. The largest absolute Gasteiger partial charge is 0.463 e. The summed E-state index contributed by atoms with van der Waals surface area (Å²) in [6.07, 6.45) is 2.12. The van der Waals surface area contributed by atoms with Gasteiger partial charge in [0.1, 0.15) is 28.4 Å². The van der Waals surface area contributed by atoms with Crippen LogP contribution in [-0.4, -0.2) is 97.1 Å². The van der Waals surface area contributed by atoms with Crippen molar-refractivity contribution in [2.24, 2.45) is 0 Å². The number of nitrogens with one attached hydrogen (secondary N) is 1. The Hall–Kier alpha value is -4.60. The predicted molar refractivity (Wildman–Crippen MR) is 149 cm³/mol. The maximum absolute atomic E-state index is 14.7. The number of nitrogen functional groups attached to an aromatic ring is 1. The van der Waals surface area contributed by atoms with Crippen molar-refractivity contribution in [2.45, 2.75) is 12.6 Å². The van der Waals surface area contributed by atoms with Gasteiger partial charge in [0.2, 0.25) is 5.95 Å². The van der Waals surface area contributed by atoms with Crippen LogP contribution in [0.1, 0.15) is 10.4 Å². The summed E-state index contributed by atoms with van der Waals surface area (Å²) in [5.74, 6) is -1.72. The number of hydrogen-bond donors (Lipinski definition) is 4. The number of aromatic nitrogens is 5. The van der Waals surface area contributed by atoms with Crippen molar-refractivity contribution in [3.05, 3.63) is 60.1 Å². The highest BCUT2D eigenvalue weighted by Crippen LogP contribution is 2.27. The lowest BCUT2D eigenvalue weighted by molar-refractivity contribution is 0.0799. The zero-order valence-electron chi connectivity index (χ0n) is 22.5. The van der Waals surface area contributed by atoms with Gasteiger partial charge < -0.3 is 35.1 Å². The second kappa shape index (κ2) is 11.3. The predicted octanol–water partition coefficient (Wildman–Crippen LogP) is 1.10. The second-order valence-electron chi connectivity index (χ2n) is 10.0. The maximum Gasteiger partial charge on any atom is 0.254 e. The van der Waals surface area contributed by atoms with Crippen molar-refractivity contribution in [1.29, 1.82) is 0 Å². The molecule has 4 aromatic heterocycles. The number of rotatable bonds is 9. The standard InChI is InChI=1S/C27H29F2N9O4/c28-18-11-19(29)21(10-17(18)26(41)31-13-16(40)14-39)36-6-3-35(4-7-36)5-8-37-15-32-24-22-12-20(23-2-1-9-42-23)34-38(22)27(30)33-25(24)37/h1-2,9-12,15-16,39-40H,3-8,13-14H2,(H2,30,33)(H,31,41)/t16-/m0/s1. The first-order valence-corrected chi connectivity index (χ1v) is 13.4. The van der Waals surface area contributed by atoms with Crippen LogP contribution in [0.5, 0.6) is 0 Å². The summed E-state index contributed by atoms with van der Waals surface area (Å²) in [7, 11) is 0. The number of fused-ring (bicyclic) bond motifs is 3. The van der Waals surface area contributed by atoms with E-state index in [0.29, 0.717) is 68.0 Å². The number of aliphatic hydroxyl groups is 2. The van der Waals surface area contributed by atoms with E-state index in [0.717, 1.165) is 5.52 Å². The second-order valence-corrected chi connectivity index (χ2v) is 10.0. The van der Waals surface area contributed by atoms with Crippen LogP contribution in [0.15, 0.2) is 47.3 Å². The van der Waals surface area contributed by atoms with Crippen molar-refractivity contribution in [3.8, 4) is 11.5 Å². The third-order valence-electron chi connectivity index (χ3n) is 7.33. The Bertz CT molecular complexity index is 1730. The van der Waals surface area contributed by atoms with Gasteiger partial charge in [0.05, 0.1) is 36.6 Å². The van der Waals surface area contributed by atoms with E-state index in [1.54, 1.807) is 28.1 Å². The molecule has 0 radical (unpaired) electrons. The third kappa shape index (κ3) is 5.24. The van der Waals surface area contributed by atoms with E-state index in [9.17, 15) is 18.7 Å². The van der Waals surface area contributed by atoms with Gasteiger partial charge in [0.15, 0.2) is 11.4 Å². The number of nitrogens with zero attached hydrogens (tertiary/aromatic N) is 7. The van der Waals surface area contributed by atoms with Gasteiger partial charge in [-0.3, -0.25) is 9.69 Å². The lowest BCUT2D eigenvalue weighted by atomic mass is 10.1. The zero-order chi connectivity index (χ0) is 29.4. The fraction of sp³-hybridized carbons (Fsp3) is 0.333. The minimum absolute atomic E-state index is 0.128. The minimum Gasteiger partial charge on any atom is -0.463 e. The Kier molecular flexibility index (Phi) is 7.45. The van der Waals surface area contributed by atoms with E-state index in [-0.39, 0.29) is 23.7 Å². The Morgan fingerprint density at radius 1 is 1.14 bits per heavy atom. The van der Waals surface area contributed by atoms with Crippen molar-refractivity contribution in [1.82, 2.24) is 34.4 Å². The number of furan rings is 1. The van der Waals surface area contributed by atoms with Gasteiger partial charge in [0, 0.05) is 51.9 Å². The van der Waals surface area contributed by atoms with E-state index < -0.39 is 30.3 Å². The molecule has 5 aromatic rings. The van der Waals surface area contributed by atoms with Crippen LogP contribution in [0, 0.1) is 11.6 Å². The topological polar surface area (TPSA) is 163 Å². The molecule has 0 aliphatic carbocycles. The molecule has 15 heteroatoms. The summed E-state index contributed by atoms with van der Waals surface area (Å²) in [6, 6.07) is 7.33. The molecule has 0 spiro atoms. The lowest BCUT2D eigenvalue weighted by Gasteiger charge is -2.36. The van der Waals surface area contributed by atoms with Gasteiger partial charge >= 0.3 is 0 Å². The molecule has 1 aliphatic rings. The number of carbonyl (C=O) groups is 1. The number of hydrogen-bond acceptors (Lipinski definition) is 10. The highest BCUT2D eigenvalue weighted by molar-refractivity contribution is 5.95. The van der Waals surface area contributed by atoms with E-state index >= 15 is 0 Å². The third-order valence-corrected chi connectivity index (χ3v) is 7.33. The molecule has 0 saturated carbocycles. The lowest BCUT2D eigenvalue weighted by Crippen LogP contribution is -2.47. The molecule has 1 saturated heterocycles. The Morgan fingerprint density at radius 2 is 1.95 bits per heavy atom. The van der Waals surface area contributed by atoms with E-state index in [4.69, 9.17) is 15.3 Å². The molecule has 1 atom stereocenters. The zero-order valence-corrected chi connectivity index (χ0v) is 22.5. The number of imidazole rings is 1. The average Bonchev–Trinajstić information content (AvgIpc) is 3.75. The van der Waals surface area contributed by atoms with Gasteiger partial charge in [-0.25, -0.2) is 13.8 Å². The molecular formula is C27H29F2N9O4. The summed E-state index contributed by atoms with van der Waals surface area (Å²) in [4.78, 5) is 25.5. The molecule has 6 rings (SSSR count). The minimum atomic E-state index is -1.18. The molecule has 0 bridgehead atoms. The summed E-state index contributed by atoms with van der Waals surface area (Å²) in [5.41, 5.74) is 8.65. The Balaban J connectivity index is 1.11. The number of nitrogens with two attached hydrogens (primary N) is 1. The first-order chi connectivity index (χ1) is 20.3. The van der Waals surface area contributed by atoms with Crippen molar-refractivity contribution >= 4 is 34.2 Å². The number of piperazine rings is 1. The van der Waals surface area contributed by atoms with Crippen LogP contribution >= 0.6 is 0 Å². The van der Waals surface area contributed by atoms with Crippen LogP contribution in [0.4, 0.5) is 20.4 Å². The first kappa shape index (κ1) is 27.6. The van der Waals surface area contributed by atoms with E-state index in [1.807, 2.05) is 16.7 Å². The maximum atomic E-state index is 14.7. The molecule has 1 fully saturated rings. The van der Waals surface area contributed by atoms with E-state index in [1.165, 1.54) is 6.07 Å². The molecule has 1 amide bonds. The fourth-order valence-corrected chi connectivity index (χ4v) is 5.05.